The summed E-state index contributed by atoms with van der Waals surface area (Å²) in [5.74, 6) is 2.46. The average molecular weight is 260 g/mol. The molecular weight excluding hydrogens is 232 g/mol. The lowest BCUT2D eigenvalue weighted by molar-refractivity contribution is -0.123. The van der Waals surface area contributed by atoms with Crippen LogP contribution in [0.1, 0.15) is 47.0 Å². The van der Waals surface area contributed by atoms with Gasteiger partial charge in [-0.1, -0.05) is 20.3 Å². The molecule has 0 aliphatic heterocycles. The standard InChI is InChI=1S/C13H28N2OS/c1-5-8-11(3)15-13(16)12(4)14-9-7-10-17-6-2/h11-12,14H,5-10H2,1-4H3,(H,15,16). The number of amides is 1. The first-order valence-electron chi connectivity index (χ1n) is 6.73. The van der Waals surface area contributed by atoms with Gasteiger partial charge in [0.2, 0.25) is 5.91 Å². The zero-order valence-corrected chi connectivity index (χ0v) is 12.5. The Morgan fingerprint density at radius 3 is 2.59 bits per heavy atom. The molecule has 0 saturated heterocycles. The highest BCUT2D eigenvalue weighted by molar-refractivity contribution is 7.99. The highest BCUT2D eigenvalue weighted by atomic mass is 32.2. The first-order chi connectivity index (χ1) is 8.11. The van der Waals surface area contributed by atoms with Crippen LogP contribution in [-0.4, -0.2) is 36.0 Å². The maximum Gasteiger partial charge on any atom is 0.237 e. The van der Waals surface area contributed by atoms with Gasteiger partial charge in [-0.25, -0.2) is 0 Å². The summed E-state index contributed by atoms with van der Waals surface area (Å²) in [5.41, 5.74) is 0. The molecule has 2 atom stereocenters. The van der Waals surface area contributed by atoms with Crippen molar-refractivity contribution in [3.63, 3.8) is 0 Å². The smallest absolute Gasteiger partial charge is 0.237 e. The fourth-order valence-electron chi connectivity index (χ4n) is 1.60. The number of rotatable bonds is 10. The lowest BCUT2D eigenvalue weighted by Gasteiger charge is -2.18. The van der Waals surface area contributed by atoms with Gasteiger partial charge >= 0.3 is 0 Å². The van der Waals surface area contributed by atoms with Crippen LogP contribution in [0.2, 0.25) is 0 Å². The molecule has 4 heteroatoms. The third-order valence-corrected chi connectivity index (χ3v) is 3.61. The van der Waals surface area contributed by atoms with Crippen molar-refractivity contribution in [2.45, 2.75) is 59.0 Å². The summed E-state index contributed by atoms with van der Waals surface area (Å²) in [7, 11) is 0. The number of carbonyl (C=O) groups is 1. The summed E-state index contributed by atoms with van der Waals surface area (Å²) >= 11 is 1.94. The van der Waals surface area contributed by atoms with E-state index in [4.69, 9.17) is 0 Å². The molecule has 3 nitrogen and oxygen atoms in total. The predicted molar refractivity (Wildman–Crippen MR) is 77.6 cm³/mol. The summed E-state index contributed by atoms with van der Waals surface area (Å²) in [6.07, 6.45) is 3.28. The van der Waals surface area contributed by atoms with Gasteiger partial charge < -0.3 is 10.6 Å². The van der Waals surface area contributed by atoms with Gasteiger partial charge in [-0.15, -0.1) is 0 Å². The van der Waals surface area contributed by atoms with E-state index < -0.39 is 0 Å². The van der Waals surface area contributed by atoms with Crippen LogP contribution in [0.4, 0.5) is 0 Å². The lowest BCUT2D eigenvalue weighted by atomic mass is 10.2. The molecule has 0 radical (unpaired) electrons. The van der Waals surface area contributed by atoms with Gasteiger partial charge in [-0.05, 0) is 44.7 Å². The van der Waals surface area contributed by atoms with Crippen molar-refractivity contribution < 1.29 is 4.79 Å². The number of hydrogen-bond donors (Lipinski definition) is 2. The van der Waals surface area contributed by atoms with Crippen LogP contribution in [0.3, 0.4) is 0 Å². The van der Waals surface area contributed by atoms with Crippen molar-refractivity contribution in [3.8, 4) is 0 Å². The minimum Gasteiger partial charge on any atom is -0.352 e. The average Bonchev–Trinajstić information content (AvgIpc) is 2.28. The molecule has 0 aromatic heterocycles. The molecule has 0 fully saturated rings. The molecule has 0 aliphatic carbocycles. The van der Waals surface area contributed by atoms with Crippen molar-refractivity contribution in [1.82, 2.24) is 10.6 Å². The molecule has 0 spiro atoms. The zero-order chi connectivity index (χ0) is 13.1. The first-order valence-corrected chi connectivity index (χ1v) is 7.88. The van der Waals surface area contributed by atoms with Crippen molar-refractivity contribution in [3.05, 3.63) is 0 Å². The van der Waals surface area contributed by atoms with E-state index in [0.29, 0.717) is 0 Å². The van der Waals surface area contributed by atoms with Crippen LogP contribution in [0.25, 0.3) is 0 Å². The Balaban J connectivity index is 3.60. The molecule has 2 N–H and O–H groups in total. The summed E-state index contributed by atoms with van der Waals surface area (Å²) in [6.45, 7) is 9.22. The molecule has 0 saturated carbocycles. The number of thioether (sulfide) groups is 1. The van der Waals surface area contributed by atoms with E-state index in [1.807, 2.05) is 18.7 Å². The third kappa shape index (κ3) is 9.48. The van der Waals surface area contributed by atoms with E-state index in [0.717, 1.165) is 25.8 Å². The highest BCUT2D eigenvalue weighted by Gasteiger charge is 2.13. The van der Waals surface area contributed by atoms with Gasteiger partial charge in [0.25, 0.3) is 0 Å². The topological polar surface area (TPSA) is 41.1 Å². The Kier molecular flexibility index (Phi) is 10.8. The Labute approximate surface area is 111 Å². The Bertz CT molecular complexity index is 200. The second-order valence-corrected chi connectivity index (χ2v) is 5.82. The van der Waals surface area contributed by atoms with Crippen molar-refractivity contribution >= 4 is 17.7 Å². The molecule has 0 rings (SSSR count). The summed E-state index contributed by atoms with van der Waals surface area (Å²) < 4.78 is 0. The molecule has 0 heterocycles. The van der Waals surface area contributed by atoms with E-state index in [-0.39, 0.29) is 18.0 Å². The molecule has 17 heavy (non-hydrogen) atoms. The fraction of sp³-hybridized carbons (Fsp3) is 0.923. The van der Waals surface area contributed by atoms with Gasteiger partial charge in [0.15, 0.2) is 0 Å². The molecule has 102 valence electrons. The Hall–Kier alpha value is -0.220. The maximum atomic E-state index is 11.8. The fourth-order valence-corrected chi connectivity index (χ4v) is 2.24. The van der Waals surface area contributed by atoms with Crippen molar-refractivity contribution in [1.29, 1.82) is 0 Å². The first kappa shape index (κ1) is 16.8. The van der Waals surface area contributed by atoms with Gasteiger partial charge in [0.05, 0.1) is 6.04 Å². The highest BCUT2D eigenvalue weighted by Crippen LogP contribution is 2.00. The molecular formula is C13H28N2OS. The second kappa shape index (κ2) is 10.9. The van der Waals surface area contributed by atoms with Gasteiger partial charge in [0, 0.05) is 6.04 Å². The molecule has 2 unspecified atom stereocenters. The Morgan fingerprint density at radius 1 is 1.29 bits per heavy atom. The van der Waals surface area contributed by atoms with E-state index in [1.165, 1.54) is 11.5 Å². The Morgan fingerprint density at radius 2 is 2.00 bits per heavy atom. The summed E-state index contributed by atoms with van der Waals surface area (Å²) in [5, 5.41) is 6.29. The van der Waals surface area contributed by atoms with E-state index >= 15 is 0 Å². The van der Waals surface area contributed by atoms with Crippen LogP contribution < -0.4 is 10.6 Å². The van der Waals surface area contributed by atoms with E-state index in [1.54, 1.807) is 0 Å². The second-order valence-electron chi connectivity index (χ2n) is 4.42. The molecule has 0 aliphatic rings. The maximum absolute atomic E-state index is 11.8. The van der Waals surface area contributed by atoms with Crippen LogP contribution in [0.15, 0.2) is 0 Å². The van der Waals surface area contributed by atoms with E-state index in [2.05, 4.69) is 31.4 Å². The van der Waals surface area contributed by atoms with Crippen LogP contribution in [0.5, 0.6) is 0 Å². The quantitative estimate of drug-likeness (QED) is 0.593. The number of hydrogen-bond acceptors (Lipinski definition) is 3. The predicted octanol–water partition coefficient (Wildman–Crippen LogP) is 2.41. The third-order valence-electron chi connectivity index (χ3n) is 2.62. The molecule has 0 aromatic rings. The van der Waals surface area contributed by atoms with Crippen molar-refractivity contribution in [2.24, 2.45) is 0 Å². The van der Waals surface area contributed by atoms with Crippen LogP contribution in [0, 0.1) is 0 Å². The minimum absolute atomic E-state index is 0.0825. The van der Waals surface area contributed by atoms with Crippen molar-refractivity contribution in [2.75, 3.05) is 18.1 Å². The molecule has 0 bridgehead atoms. The monoisotopic (exact) mass is 260 g/mol. The zero-order valence-electron chi connectivity index (χ0n) is 11.7. The number of carbonyl (C=O) groups excluding carboxylic acids is 1. The summed E-state index contributed by atoms with van der Waals surface area (Å²) in [6, 6.07) is 0.202. The largest absolute Gasteiger partial charge is 0.352 e. The lowest BCUT2D eigenvalue weighted by Crippen LogP contribution is -2.45. The SMILES string of the molecule is CCCC(C)NC(=O)C(C)NCCCSCC. The molecule has 0 aromatic carbocycles. The summed E-state index contributed by atoms with van der Waals surface area (Å²) in [4.78, 5) is 11.8. The number of nitrogens with one attached hydrogen (secondary N) is 2. The van der Waals surface area contributed by atoms with Gasteiger partial charge in [-0.3, -0.25) is 4.79 Å². The van der Waals surface area contributed by atoms with Gasteiger partial charge in [0.1, 0.15) is 0 Å². The van der Waals surface area contributed by atoms with Crippen LogP contribution in [-0.2, 0) is 4.79 Å². The van der Waals surface area contributed by atoms with Crippen LogP contribution >= 0.6 is 11.8 Å². The normalized spacial score (nSPS) is 14.4. The molecule has 1 amide bonds. The van der Waals surface area contributed by atoms with E-state index in [9.17, 15) is 4.79 Å². The van der Waals surface area contributed by atoms with Gasteiger partial charge in [-0.2, -0.15) is 11.8 Å². The minimum atomic E-state index is -0.0825.